The Kier molecular flexibility index (Phi) is 5.43. The first kappa shape index (κ1) is 17.5. The van der Waals surface area contributed by atoms with Crippen molar-refractivity contribution in [3.8, 4) is 0 Å². The zero-order chi connectivity index (χ0) is 16.4. The largest absolute Gasteiger partial charge is 0.298 e. The fourth-order valence-electron chi connectivity index (χ4n) is 1.44. The van der Waals surface area contributed by atoms with Gasteiger partial charge in [-0.3, -0.25) is 14.9 Å². The molecule has 0 aromatic heterocycles. The summed E-state index contributed by atoms with van der Waals surface area (Å²) in [5.41, 5.74) is -0.211. The van der Waals surface area contributed by atoms with Crippen LogP contribution < -0.4 is 4.72 Å². The van der Waals surface area contributed by atoms with Crippen LogP contribution in [-0.4, -0.2) is 25.7 Å². The summed E-state index contributed by atoms with van der Waals surface area (Å²) < 4.78 is 26.2. The lowest BCUT2D eigenvalue weighted by molar-refractivity contribution is -0.385. The van der Waals surface area contributed by atoms with Gasteiger partial charge in [-0.1, -0.05) is 25.4 Å². The van der Waals surface area contributed by atoms with Crippen molar-refractivity contribution in [2.75, 3.05) is 6.54 Å². The Morgan fingerprint density at radius 2 is 2.00 bits per heavy atom. The van der Waals surface area contributed by atoms with Gasteiger partial charge in [0.2, 0.25) is 10.0 Å². The molecule has 0 saturated carbocycles. The van der Waals surface area contributed by atoms with Gasteiger partial charge in [0.15, 0.2) is 0 Å². The van der Waals surface area contributed by atoms with E-state index in [9.17, 15) is 23.3 Å². The summed E-state index contributed by atoms with van der Waals surface area (Å²) in [6.07, 6.45) is 0. The maximum absolute atomic E-state index is 12.1. The molecule has 0 bridgehead atoms. The number of benzene rings is 1. The van der Waals surface area contributed by atoms with E-state index >= 15 is 0 Å². The Bertz CT molecular complexity index is 685. The third-order valence-corrected chi connectivity index (χ3v) is 4.65. The van der Waals surface area contributed by atoms with E-state index < -0.39 is 20.6 Å². The number of carbonyl (C=O) groups is 1. The van der Waals surface area contributed by atoms with Crippen LogP contribution in [0.1, 0.15) is 19.4 Å². The van der Waals surface area contributed by atoms with Crippen LogP contribution in [0.2, 0.25) is 5.02 Å². The van der Waals surface area contributed by atoms with Crippen molar-refractivity contribution in [3.05, 3.63) is 32.8 Å². The van der Waals surface area contributed by atoms with Gasteiger partial charge in [0.1, 0.15) is 5.78 Å². The summed E-state index contributed by atoms with van der Waals surface area (Å²) in [6, 6.07) is 2.04. The highest BCUT2D eigenvalue weighted by molar-refractivity contribution is 7.89. The highest BCUT2D eigenvalue weighted by Crippen LogP contribution is 2.29. The average Bonchev–Trinajstić information content (AvgIpc) is 2.38. The molecule has 0 aliphatic rings. The quantitative estimate of drug-likeness (QED) is 0.633. The van der Waals surface area contributed by atoms with Crippen LogP contribution in [-0.2, 0) is 14.8 Å². The third kappa shape index (κ3) is 4.23. The van der Waals surface area contributed by atoms with Crippen molar-refractivity contribution < 1.29 is 18.1 Å². The van der Waals surface area contributed by atoms with Gasteiger partial charge < -0.3 is 0 Å². The molecule has 0 aliphatic carbocycles. The summed E-state index contributed by atoms with van der Waals surface area (Å²) in [5, 5.41) is 10.9. The van der Waals surface area contributed by atoms with Crippen molar-refractivity contribution in [1.82, 2.24) is 4.72 Å². The van der Waals surface area contributed by atoms with Gasteiger partial charge in [0, 0.05) is 17.5 Å². The Morgan fingerprint density at radius 3 is 2.48 bits per heavy atom. The second-order valence-electron chi connectivity index (χ2n) is 4.75. The summed E-state index contributed by atoms with van der Waals surface area (Å²) in [4.78, 5) is 21.3. The number of nitro groups is 1. The number of hydrogen-bond acceptors (Lipinski definition) is 5. The molecule has 0 atom stereocenters. The van der Waals surface area contributed by atoms with Crippen LogP contribution in [0.5, 0.6) is 0 Å². The van der Waals surface area contributed by atoms with E-state index in [-0.39, 0.29) is 33.7 Å². The second-order valence-corrected chi connectivity index (χ2v) is 6.93. The number of carbonyl (C=O) groups excluding carboxylic acids is 1. The minimum absolute atomic E-state index is 0.0280. The lowest BCUT2D eigenvalue weighted by Gasteiger charge is -2.09. The number of rotatable bonds is 6. The van der Waals surface area contributed by atoms with E-state index in [1.165, 1.54) is 6.92 Å². The van der Waals surface area contributed by atoms with E-state index in [0.29, 0.717) is 0 Å². The number of nitrogens with zero attached hydrogens (tertiary/aromatic N) is 1. The number of nitro benzene ring substituents is 1. The number of ketones is 1. The van der Waals surface area contributed by atoms with Gasteiger partial charge in [0.05, 0.1) is 21.4 Å². The number of sulfonamides is 1. The first-order valence-corrected chi connectivity index (χ1v) is 7.89. The zero-order valence-corrected chi connectivity index (χ0v) is 13.3. The van der Waals surface area contributed by atoms with E-state index in [1.807, 2.05) is 0 Å². The number of nitrogens with one attached hydrogen (secondary N) is 1. The third-order valence-electron chi connectivity index (χ3n) is 2.88. The predicted molar refractivity (Wildman–Crippen MR) is 77.9 cm³/mol. The van der Waals surface area contributed by atoms with Gasteiger partial charge in [-0.25, -0.2) is 13.1 Å². The fourth-order valence-corrected chi connectivity index (χ4v) is 2.76. The molecule has 1 aromatic carbocycles. The van der Waals surface area contributed by atoms with Gasteiger partial charge in [-0.15, -0.1) is 0 Å². The second kappa shape index (κ2) is 6.50. The van der Waals surface area contributed by atoms with Gasteiger partial charge in [-0.2, -0.15) is 0 Å². The van der Waals surface area contributed by atoms with Crippen molar-refractivity contribution in [1.29, 1.82) is 0 Å². The van der Waals surface area contributed by atoms with E-state index in [1.54, 1.807) is 13.8 Å². The van der Waals surface area contributed by atoms with Crippen LogP contribution >= 0.6 is 11.6 Å². The number of halogens is 1. The Hall–Kier alpha value is -1.51. The molecule has 116 valence electrons. The highest BCUT2D eigenvalue weighted by atomic mass is 35.5. The highest BCUT2D eigenvalue weighted by Gasteiger charge is 2.23. The standard InChI is InChI=1S/C12H15ClN2O5S/c1-7(2)12(16)6-14-21(19,20)9-4-10(13)8(3)11(5-9)15(17)18/h4-5,7,14H,6H2,1-3H3. The summed E-state index contributed by atoms with van der Waals surface area (Å²) in [6.45, 7) is 4.33. The van der Waals surface area contributed by atoms with Gasteiger partial charge >= 0.3 is 0 Å². The smallest absolute Gasteiger partial charge is 0.275 e. The Balaban J connectivity index is 3.15. The van der Waals surface area contributed by atoms with Gasteiger partial charge in [0.25, 0.3) is 5.69 Å². The van der Waals surface area contributed by atoms with Crippen molar-refractivity contribution in [3.63, 3.8) is 0 Å². The molecule has 0 spiro atoms. The van der Waals surface area contributed by atoms with Crippen LogP contribution in [0.4, 0.5) is 5.69 Å². The molecular formula is C12H15ClN2O5S. The normalized spacial score (nSPS) is 11.7. The van der Waals surface area contributed by atoms with E-state index in [0.717, 1.165) is 12.1 Å². The lowest BCUT2D eigenvalue weighted by atomic mass is 10.1. The summed E-state index contributed by atoms with van der Waals surface area (Å²) in [7, 11) is -4.04. The van der Waals surface area contributed by atoms with Gasteiger partial charge in [-0.05, 0) is 13.0 Å². The Labute approximate surface area is 127 Å². The zero-order valence-electron chi connectivity index (χ0n) is 11.7. The molecule has 21 heavy (non-hydrogen) atoms. The average molecular weight is 335 g/mol. The van der Waals surface area contributed by atoms with Crippen LogP contribution in [0.25, 0.3) is 0 Å². The number of Topliss-reactive ketones (excluding diaryl/α,β-unsaturated/α-hetero) is 1. The van der Waals surface area contributed by atoms with Crippen LogP contribution in [0.15, 0.2) is 17.0 Å². The minimum Gasteiger partial charge on any atom is -0.298 e. The first-order chi connectivity index (χ1) is 9.56. The maximum atomic E-state index is 12.1. The maximum Gasteiger partial charge on any atom is 0.275 e. The summed E-state index contributed by atoms with van der Waals surface area (Å²) in [5.74, 6) is -0.602. The molecule has 1 N–H and O–H groups in total. The minimum atomic E-state index is -4.04. The molecule has 0 aliphatic heterocycles. The molecule has 0 unspecified atom stereocenters. The molecule has 1 rings (SSSR count). The lowest BCUT2D eigenvalue weighted by Crippen LogP contribution is -2.31. The molecule has 0 heterocycles. The van der Waals surface area contributed by atoms with E-state index in [4.69, 9.17) is 11.6 Å². The molecule has 7 nitrogen and oxygen atoms in total. The van der Waals surface area contributed by atoms with Crippen molar-refractivity contribution in [2.24, 2.45) is 5.92 Å². The summed E-state index contributed by atoms with van der Waals surface area (Å²) >= 11 is 5.82. The molecule has 1 aromatic rings. The topological polar surface area (TPSA) is 106 Å². The van der Waals surface area contributed by atoms with Crippen LogP contribution in [0.3, 0.4) is 0 Å². The molecule has 9 heteroatoms. The number of hydrogen-bond donors (Lipinski definition) is 1. The molecular weight excluding hydrogens is 320 g/mol. The molecule has 0 fully saturated rings. The molecule has 0 amide bonds. The van der Waals surface area contributed by atoms with Crippen molar-refractivity contribution >= 4 is 33.1 Å². The first-order valence-electron chi connectivity index (χ1n) is 6.03. The molecule has 0 radical (unpaired) electrons. The Morgan fingerprint density at radius 1 is 1.43 bits per heavy atom. The van der Waals surface area contributed by atoms with E-state index in [2.05, 4.69) is 4.72 Å². The SMILES string of the molecule is Cc1c(Cl)cc(S(=O)(=O)NCC(=O)C(C)C)cc1[N+](=O)[O-]. The monoisotopic (exact) mass is 334 g/mol. The molecule has 0 saturated heterocycles. The van der Waals surface area contributed by atoms with Crippen molar-refractivity contribution in [2.45, 2.75) is 25.7 Å². The fraction of sp³-hybridized carbons (Fsp3) is 0.417. The van der Waals surface area contributed by atoms with Crippen LogP contribution in [0, 0.1) is 23.0 Å². The predicted octanol–water partition coefficient (Wildman–Crippen LogP) is 2.06.